The molecule has 236 valence electrons. The lowest BCUT2D eigenvalue weighted by atomic mass is 10.0. The molecule has 2 heterocycles. The predicted molar refractivity (Wildman–Crippen MR) is 159 cm³/mol. The summed E-state index contributed by atoms with van der Waals surface area (Å²) in [7, 11) is 1.55. The third-order valence-electron chi connectivity index (χ3n) is 7.96. The summed E-state index contributed by atoms with van der Waals surface area (Å²) in [6.45, 7) is 6.33. The molecule has 0 aliphatic carbocycles. The van der Waals surface area contributed by atoms with Crippen LogP contribution in [0.5, 0.6) is 5.75 Å². The van der Waals surface area contributed by atoms with Gasteiger partial charge in [0.2, 0.25) is 5.91 Å². The van der Waals surface area contributed by atoms with E-state index in [1.165, 1.54) is 13.0 Å². The monoisotopic (exact) mass is 614 g/mol. The van der Waals surface area contributed by atoms with Crippen LogP contribution in [0, 0.1) is 0 Å². The summed E-state index contributed by atoms with van der Waals surface area (Å²) in [4.78, 5) is 55.2. The molecule has 4 rings (SSSR count). The average molecular weight is 615 g/mol. The first-order chi connectivity index (χ1) is 20.9. The zero-order valence-corrected chi connectivity index (χ0v) is 25.1. The molecule has 2 aromatic rings. The second-order valence-corrected chi connectivity index (χ2v) is 11.0. The van der Waals surface area contributed by atoms with Crippen molar-refractivity contribution in [2.75, 3.05) is 50.1 Å². The van der Waals surface area contributed by atoms with Crippen LogP contribution in [0.25, 0.3) is 0 Å². The Morgan fingerprint density at radius 1 is 0.932 bits per heavy atom. The van der Waals surface area contributed by atoms with Gasteiger partial charge in [0.25, 0.3) is 17.7 Å². The van der Waals surface area contributed by atoms with Crippen LogP contribution >= 0.6 is 0 Å². The minimum absolute atomic E-state index is 0.0343. The first-order valence-corrected chi connectivity index (χ1v) is 14.6. The molecular formula is C32H37F3N4O5. The van der Waals surface area contributed by atoms with E-state index in [2.05, 4.69) is 10.2 Å². The SMILES string of the molecule is COc1ccccc1C(=O)N1CCN(CCCCCCC2=C(C)C(=O)N(c3ccc(NC(C)=O)c(C(F)(F)F)c3)C2=O)CC1. The normalized spacial score (nSPS) is 16.1. The highest BCUT2D eigenvalue weighted by Gasteiger charge is 2.39. The number of unbranched alkanes of at least 4 members (excludes halogenated alkanes) is 3. The third kappa shape index (κ3) is 7.47. The molecule has 0 atom stereocenters. The van der Waals surface area contributed by atoms with E-state index in [1.54, 1.807) is 19.2 Å². The number of hydrogen-bond acceptors (Lipinski definition) is 6. The Morgan fingerprint density at radius 2 is 1.61 bits per heavy atom. The van der Waals surface area contributed by atoms with Crippen molar-refractivity contribution in [3.05, 3.63) is 64.7 Å². The van der Waals surface area contributed by atoms with Crippen molar-refractivity contribution < 1.29 is 37.1 Å². The number of amides is 4. The summed E-state index contributed by atoms with van der Waals surface area (Å²) in [5, 5.41) is 2.14. The number of rotatable bonds is 11. The van der Waals surface area contributed by atoms with Gasteiger partial charge in [0.15, 0.2) is 0 Å². The van der Waals surface area contributed by atoms with E-state index in [0.717, 1.165) is 56.8 Å². The van der Waals surface area contributed by atoms with Gasteiger partial charge in [-0.05, 0) is 63.1 Å². The van der Waals surface area contributed by atoms with Gasteiger partial charge in [0.1, 0.15) is 5.75 Å². The van der Waals surface area contributed by atoms with Gasteiger partial charge >= 0.3 is 6.18 Å². The van der Waals surface area contributed by atoms with Crippen molar-refractivity contribution in [2.45, 2.75) is 52.1 Å². The van der Waals surface area contributed by atoms with Gasteiger partial charge in [-0.15, -0.1) is 0 Å². The van der Waals surface area contributed by atoms with Crippen molar-refractivity contribution in [2.24, 2.45) is 0 Å². The number of nitrogens with zero attached hydrogens (tertiary/aromatic N) is 3. The first kappa shape index (κ1) is 32.7. The van der Waals surface area contributed by atoms with Crippen LogP contribution in [-0.4, -0.2) is 73.3 Å². The van der Waals surface area contributed by atoms with Gasteiger partial charge in [-0.3, -0.25) is 24.1 Å². The van der Waals surface area contributed by atoms with Crippen LogP contribution in [0.1, 0.15) is 61.9 Å². The topological polar surface area (TPSA) is 99.3 Å². The molecule has 0 saturated carbocycles. The van der Waals surface area contributed by atoms with E-state index in [0.29, 0.717) is 48.9 Å². The van der Waals surface area contributed by atoms with Crippen LogP contribution in [0.4, 0.5) is 24.5 Å². The highest BCUT2D eigenvalue weighted by molar-refractivity contribution is 6.32. The number of ether oxygens (including phenoxy) is 1. The minimum Gasteiger partial charge on any atom is -0.496 e. The van der Waals surface area contributed by atoms with Gasteiger partial charge in [-0.25, -0.2) is 4.90 Å². The van der Waals surface area contributed by atoms with Crippen molar-refractivity contribution in [3.8, 4) is 5.75 Å². The summed E-state index contributed by atoms with van der Waals surface area (Å²) in [6, 6.07) is 10.2. The summed E-state index contributed by atoms with van der Waals surface area (Å²) in [5.74, 6) is -1.40. The fourth-order valence-electron chi connectivity index (χ4n) is 5.57. The van der Waals surface area contributed by atoms with Crippen LogP contribution in [0.15, 0.2) is 53.6 Å². The quantitative estimate of drug-likeness (QED) is 0.274. The lowest BCUT2D eigenvalue weighted by Crippen LogP contribution is -2.48. The maximum Gasteiger partial charge on any atom is 0.418 e. The smallest absolute Gasteiger partial charge is 0.418 e. The molecule has 1 saturated heterocycles. The summed E-state index contributed by atoms with van der Waals surface area (Å²) in [5.41, 5.74) is -0.673. The van der Waals surface area contributed by atoms with Crippen molar-refractivity contribution in [1.29, 1.82) is 0 Å². The summed E-state index contributed by atoms with van der Waals surface area (Å²) in [6.07, 6.45) is -1.10. The highest BCUT2D eigenvalue weighted by atomic mass is 19.4. The molecule has 44 heavy (non-hydrogen) atoms. The molecule has 2 aromatic carbocycles. The van der Waals surface area contributed by atoms with Crippen LogP contribution in [0.3, 0.4) is 0 Å². The van der Waals surface area contributed by atoms with Gasteiger partial charge in [0.05, 0.1) is 29.6 Å². The van der Waals surface area contributed by atoms with Gasteiger partial charge in [-0.2, -0.15) is 13.2 Å². The lowest BCUT2D eigenvalue weighted by Gasteiger charge is -2.35. The number of nitrogens with one attached hydrogen (secondary N) is 1. The fraction of sp³-hybridized carbons (Fsp3) is 0.438. The Bertz CT molecular complexity index is 1450. The highest BCUT2D eigenvalue weighted by Crippen LogP contribution is 2.39. The number of halogens is 3. The Labute approximate surface area is 254 Å². The molecule has 0 spiro atoms. The number of hydrogen-bond donors (Lipinski definition) is 1. The Kier molecular flexibility index (Phi) is 10.5. The Morgan fingerprint density at radius 3 is 2.27 bits per heavy atom. The van der Waals surface area contributed by atoms with E-state index in [-0.39, 0.29) is 17.2 Å². The number of alkyl halides is 3. The van der Waals surface area contributed by atoms with Crippen molar-refractivity contribution in [1.82, 2.24) is 9.80 Å². The molecule has 1 N–H and O–H groups in total. The number of benzene rings is 2. The first-order valence-electron chi connectivity index (χ1n) is 14.6. The molecule has 9 nitrogen and oxygen atoms in total. The van der Waals surface area contributed by atoms with E-state index < -0.39 is 35.1 Å². The molecule has 1 fully saturated rings. The largest absolute Gasteiger partial charge is 0.496 e. The number of para-hydroxylation sites is 1. The number of imide groups is 1. The van der Waals surface area contributed by atoms with Crippen molar-refractivity contribution >= 4 is 35.0 Å². The molecule has 0 radical (unpaired) electrons. The third-order valence-corrected chi connectivity index (χ3v) is 7.96. The molecule has 4 amide bonds. The zero-order valence-electron chi connectivity index (χ0n) is 25.1. The second-order valence-electron chi connectivity index (χ2n) is 11.0. The van der Waals surface area contributed by atoms with E-state index in [9.17, 15) is 32.3 Å². The molecule has 0 bridgehead atoms. The standard InChI is InChI=1S/C32H37F3N4O5/c1-21-24(31(43)39(29(21)41)23-13-14-27(36-22(2)40)26(20-23)32(33,34)35)10-6-4-5-9-15-37-16-18-38(19-17-37)30(42)25-11-7-8-12-28(25)44-3/h7-8,11-14,20H,4-6,9-10,15-19H2,1-3H3,(H,36,40). The number of methoxy groups -OCH3 is 1. The van der Waals surface area contributed by atoms with Gasteiger partial charge < -0.3 is 15.0 Å². The van der Waals surface area contributed by atoms with Crippen LogP contribution < -0.4 is 15.0 Å². The Hall–Kier alpha value is -4.19. The lowest BCUT2D eigenvalue weighted by molar-refractivity contribution is -0.137. The maximum atomic E-state index is 13.7. The average Bonchev–Trinajstić information content (AvgIpc) is 3.20. The van der Waals surface area contributed by atoms with Crippen LogP contribution in [-0.2, 0) is 20.6 Å². The van der Waals surface area contributed by atoms with Gasteiger partial charge in [0, 0.05) is 44.2 Å². The van der Waals surface area contributed by atoms with E-state index in [1.807, 2.05) is 17.0 Å². The number of carbonyl (C=O) groups excluding carboxylic acids is 4. The van der Waals surface area contributed by atoms with E-state index >= 15 is 0 Å². The molecule has 12 heteroatoms. The maximum absolute atomic E-state index is 13.7. The Balaban J connectivity index is 1.23. The zero-order chi connectivity index (χ0) is 32.0. The van der Waals surface area contributed by atoms with E-state index in [4.69, 9.17) is 4.74 Å². The number of anilines is 2. The fourth-order valence-corrected chi connectivity index (χ4v) is 5.57. The van der Waals surface area contributed by atoms with Crippen LogP contribution in [0.2, 0.25) is 0 Å². The molecule has 0 unspecified atom stereocenters. The predicted octanol–water partition coefficient (Wildman–Crippen LogP) is 5.27. The second kappa shape index (κ2) is 14.1. The molecule has 0 aromatic heterocycles. The molecule has 2 aliphatic heterocycles. The molecule has 2 aliphatic rings. The summed E-state index contributed by atoms with van der Waals surface area (Å²) >= 11 is 0. The molecular weight excluding hydrogens is 577 g/mol. The number of carbonyl (C=O) groups is 4. The number of piperazine rings is 1. The minimum atomic E-state index is -4.80. The summed E-state index contributed by atoms with van der Waals surface area (Å²) < 4.78 is 46.3. The van der Waals surface area contributed by atoms with Gasteiger partial charge in [-0.1, -0.05) is 25.0 Å². The van der Waals surface area contributed by atoms with Crippen molar-refractivity contribution in [3.63, 3.8) is 0 Å².